The molecule has 2 atom stereocenters. The minimum atomic E-state index is -1.00. The fourth-order valence-electron chi connectivity index (χ4n) is 7.54. The molecule has 1 amide bonds. The van der Waals surface area contributed by atoms with E-state index in [0.29, 0.717) is 32.2 Å². The molecule has 57 heavy (non-hydrogen) atoms. The van der Waals surface area contributed by atoms with Gasteiger partial charge in [0, 0.05) is 12.8 Å². The van der Waals surface area contributed by atoms with Crippen LogP contribution in [0.15, 0.2) is 24.3 Å². The van der Waals surface area contributed by atoms with Gasteiger partial charge in [0.05, 0.1) is 0 Å². The van der Waals surface area contributed by atoms with E-state index in [1.54, 1.807) is 0 Å². The maximum Gasteiger partial charge on any atom is 0.326 e. The summed E-state index contributed by atoms with van der Waals surface area (Å²) in [5.74, 6) is -1.23. The van der Waals surface area contributed by atoms with Gasteiger partial charge in [0.2, 0.25) is 5.91 Å². The predicted octanol–water partition coefficient (Wildman–Crippen LogP) is 14.4. The van der Waals surface area contributed by atoms with Crippen molar-refractivity contribution in [2.45, 2.75) is 270 Å². The minimum absolute atomic E-state index is 0.00606. The third-order valence-electron chi connectivity index (χ3n) is 11.3. The third-order valence-corrected chi connectivity index (χ3v) is 11.3. The van der Waals surface area contributed by atoms with Gasteiger partial charge in [-0.25, -0.2) is 4.79 Å². The number of ether oxygens (including phenoxy) is 1. The second kappa shape index (κ2) is 44.9. The van der Waals surface area contributed by atoms with Crippen LogP contribution in [0.1, 0.15) is 258 Å². The van der Waals surface area contributed by atoms with Crippen LogP contribution in [-0.4, -0.2) is 41.6 Å². The Morgan fingerprint density at radius 1 is 0.509 bits per heavy atom. The molecule has 2 unspecified atom stereocenters. The lowest BCUT2D eigenvalue weighted by molar-refractivity contribution is -0.150. The summed E-state index contributed by atoms with van der Waals surface area (Å²) in [6, 6.07) is -0.858. The first-order valence-corrected chi connectivity index (χ1v) is 24.7. The summed E-state index contributed by atoms with van der Waals surface area (Å²) >= 11 is 0. The van der Waals surface area contributed by atoms with Gasteiger partial charge < -0.3 is 20.9 Å². The first-order chi connectivity index (χ1) is 27.9. The normalized spacial score (nSPS) is 12.8. The number of nitrogens with one attached hydrogen (secondary N) is 1. The maximum absolute atomic E-state index is 12.9. The molecule has 7 nitrogen and oxygen atoms in total. The lowest BCUT2D eigenvalue weighted by Crippen LogP contribution is -2.40. The monoisotopic (exact) mass is 803 g/mol. The number of allylic oxidation sites excluding steroid dienone is 4. The van der Waals surface area contributed by atoms with Gasteiger partial charge in [0.25, 0.3) is 0 Å². The van der Waals surface area contributed by atoms with Crippen molar-refractivity contribution in [2.24, 2.45) is 5.73 Å². The lowest BCUT2D eigenvalue weighted by atomic mass is 10.0. The molecule has 0 aromatic rings. The Morgan fingerprint density at radius 3 is 1.37 bits per heavy atom. The molecule has 0 aromatic heterocycles. The Labute approximate surface area is 353 Å². The van der Waals surface area contributed by atoms with Gasteiger partial charge in [-0.2, -0.15) is 0 Å². The molecule has 0 aliphatic carbocycles. The molecule has 0 saturated carbocycles. The molecular weight excluding hydrogens is 709 g/mol. The smallest absolute Gasteiger partial charge is 0.326 e. The van der Waals surface area contributed by atoms with Crippen LogP contribution in [0, 0.1) is 0 Å². The quantitative estimate of drug-likeness (QED) is 0.0320. The molecule has 0 rings (SSSR count). The van der Waals surface area contributed by atoms with Crippen molar-refractivity contribution in [1.82, 2.24) is 5.32 Å². The summed E-state index contributed by atoms with van der Waals surface area (Å²) in [5.41, 5.74) is 5.50. The van der Waals surface area contributed by atoms with Crippen molar-refractivity contribution in [3.63, 3.8) is 0 Å². The molecule has 0 spiro atoms. The van der Waals surface area contributed by atoms with Gasteiger partial charge in [-0.1, -0.05) is 186 Å². The minimum Gasteiger partial charge on any atom is -0.480 e. The molecule has 4 N–H and O–H groups in total. The standard InChI is InChI=1S/C50H94N2O5/c1-3-5-7-9-11-13-15-17-19-21-23-25-27-29-34-38-44-49(54)57-46(40-35-31-28-26-24-22-20-18-16-14-12-10-8-6-4-2)41-36-32-30-33-37-43-48(53)52-47(50(55)56)42-39-45-51/h16,18,22,24,46-47H,3-15,17,19-21,23,25-45,51H2,1-2H3,(H,52,53)(H,55,56)/b18-16-,24-22-. The lowest BCUT2D eigenvalue weighted by Gasteiger charge is -2.18. The summed E-state index contributed by atoms with van der Waals surface area (Å²) in [5, 5.41) is 12.0. The van der Waals surface area contributed by atoms with Gasteiger partial charge in [-0.15, -0.1) is 0 Å². The zero-order valence-electron chi connectivity index (χ0n) is 37.7. The number of hydrogen-bond donors (Lipinski definition) is 3. The van der Waals surface area contributed by atoms with E-state index in [1.807, 2.05) is 0 Å². The molecular formula is C50H94N2O5. The average molecular weight is 803 g/mol. The highest BCUT2D eigenvalue weighted by Crippen LogP contribution is 2.19. The van der Waals surface area contributed by atoms with E-state index < -0.39 is 12.0 Å². The van der Waals surface area contributed by atoms with Crippen molar-refractivity contribution in [3.05, 3.63) is 24.3 Å². The van der Waals surface area contributed by atoms with Gasteiger partial charge in [-0.3, -0.25) is 9.59 Å². The van der Waals surface area contributed by atoms with Crippen LogP contribution in [0.25, 0.3) is 0 Å². The number of rotatable bonds is 45. The van der Waals surface area contributed by atoms with E-state index in [-0.39, 0.29) is 18.0 Å². The van der Waals surface area contributed by atoms with Gasteiger partial charge in [0.1, 0.15) is 12.1 Å². The fraction of sp³-hybridized carbons (Fsp3) is 0.860. The number of aliphatic carboxylic acids is 1. The van der Waals surface area contributed by atoms with E-state index in [4.69, 9.17) is 10.5 Å². The molecule has 0 fully saturated rings. The highest BCUT2D eigenvalue weighted by atomic mass is 16.5. The van der Waals surface area contributed by atoms with Crippen molar-refractivity contribution < 1.29 is 24.2 Å². The Bertz CT molecular complexity index is 951. The van der Waals surface area contributed by atoms with Crippen molar-refractivity contribution in [1.29, 1.82) is 0 Å². The topological polar surface area (TPSA) is 119 Å². The highest BCUT2D eigenvalue weighted by Gasteiger charge is 2.19. The SMILES string of the molecule is CCCCCCC/C=C\C/C=C\CCCCCC(CCCCCCCC(=O)NC(CCCN)C(=O)O)OC(=O)CCCCCCCCCCCCCCCCCC. The number of carboxylic acid groups (broad SMARTS) is 1. The molecule has 0 bridgehead atoms. The Hall–Kier alpha value is -2.15. The molecule has 7 heteroatoms. The molecule has 0 aliphatic heterocycles. The van der Waals surface area contributed by atoms with Crippen molar-refractivity contribution >= 4 is 17.8 Å². The Kier molecular flexibility index (Phi) is 43.2. The maximum atomic E-state index is 12.9. The molecule has 0 aliphatic rings. The second-order valence-corrected chi connectivity index (χ2v) is 16.9. The molecule has 0 radical (unpaired) electrons. The number of unbranched alkanes of at least 4 members (excludes halogenated alkanes) is 27. The molecule has 0 heterocycles. The van der Waals surface area contributed by atoms with Crippen LogP contribution in [0.2, 0.25) is 0 Å². The Morgan fingerprint density at radius 2 is 0.912 bits per heavy atom. The van der Waals surface area contributed by atoms with E-state index >= 15 is 0 Å². The number of carboxylic acids is 1. The zero-order valence-corrected chi connectivity index (χ0v) is 37.7. The summed E-state index contributed by atoms with van der Waals surface area (Å²) < 4.78 is 6.07. The van der Waals surface area contributed by atoms with Crippen LogP contribution in [-0.2, 0) is 19.1 Å². The van der Waals surface area contributed by atoms with Crippen LogP contribution in [0.5, 0.6) is 0 Å². The average Bonchev–Trinajstić information content (AvgIpc) is 3.20. The van der Waals surface area contributed by atoms with Crippen LogP contribution in [0.4, 0.5) is 0 Å². The summed E-state index contributed by atoms with van der Waals surface area (Å²) in [7, 11) is 0. The van der Waals surface area contributed by atoms with E-state index in [9.17, 15) is 19.5 Å². The van der Waals surface area contributed by atoms with Crippen molar-refractivity contribution in [2.75, 3.05) is 6.54 Å². The number of hydrogen-bond acceptors (Lipinski definition) is 5. The van der Waals surface area contributed by atoms with Gasteiger partial charge in [-0.05, 0) is 90.0 Å². The van der Waals surface area contributed by atoms with E-state index in [1.165, 1.54) is 135 Å². The number of amides is 1. The molecule has 0 saturated heterocycles. The number of nitrogens with two attached hydrogens (primary N) is 1. The molecule has 0 aromatic carbocycles. The summed E-state index contributed by atoms with van der Waals surface area (Å²) in [4.78, 5) is 36.5. The van der Waals surface area contributed by atoms with Crippen LogP contribution in [0.3, 0.4) is 0 Å². The van der Waals surface area contributed by atoms with Crippen LogP contribution < -0.4 is 11.1 Å². The van der Waals surface area contributed by atoms with Gasteiger partial charge in [0.15, 0.2) is 0 Å². The fourth-order valence-corrected chi connectivity index (χ4v) is 7.54. The number of carbonyl (C=O) groups excluding carboxylic acids is 2. The second-order valence-electron chi connectivity index (χ2n) is 16.9. The number of carbonyl (C=O) groups is 3. The summed E-state index contributed by atoms with van der Waals surface area (Å²) in [6.45, 7) is 4.95. The summed E-state index contributed by atoms with van der Waals surface area (Å²) in [6.07, 6.45) is 52.3. The van der Waals surface area contributed by atoms with Crippen LogP contribution >= 0.6 is 0 Å². The highest BCUT2D eigenvalue weighted by molar-refractivity contribution is 5.83. The molecule has 334 valence electrons. The van der Waals surface area contributed by atoms with E-state index in [2.05, 4.69) is 43.5 Å². The number of esters is 1. The first kappa shape index (κ1) is 54.9. The largest absolute Gasteiger partial charge is 0.480 e. The van der Waals surface area contributed by atoms with E-state index in [0.717, 1.165) is 83.5 Å². The predicted molar refractivity (Wildman–Crippen MR) is 244 cm³/mol. The van der Waals surface area contributed by atoms with Crippen molar-refractivity contribution in [3.8, 4) is 0 Å². The van der Waals surface area contributed by atoms with Gasteiger partial charge >= 0.3 is 11.9 Å². The third kappa shape index (κ3) is 41.8. The Balaban J connectivity index is 4.33. The first-order valence-electron chi connectivity index (χ1n) is 24.7. The zero-order chi connectivity index (χ0) is 41.7.